The van der Waals surface area contributed by atoms with E-state index in [9.17, 15) is 22.4 Å². The fourth-order valence-corrected chi connectivity index (χ4v) is 0.974. The summed E-state index contributed by atoms with van der Waals surface area (Å²) < 4.78 is 49.2. The normalized spacial score (nSPS) is 11.4. The molecule has 1 heterocycles. The summed E-state index contributed by atoms with van der Waals surface area (Å²) in [5.74, 6) is -1.63. The lowest BCUT2D eigenvalue weighted by molar-refractivity contribution is 0.0668. The Morgan fingerprint density at radius 1 is 1.43 bits per heavy atom. The number of alkyl halides is 4. The third-order valence-corrected chi connectivity index (χ3v) is 1.53. The molecule has 0 aliphatic heterocycles. The lowest BCUT2D eigenvalue weighted by Gasteiger charge is -1.98. The van der Waals surface area contributed by atoms with Crippen molar-refractivity contribution in [2.45, 2.75) is 12.9 Å². The zero-order chi connectivity index (χ0) is 10.9. The van der Waals surface area contributed by atoms with E-state index in [1.54, 1.807) is 0 Å². The van der Waals surface area contributed by atoms with Crippen LogP contribution >= 0.6 is 0 Å². The molecule has 0 aromatic carbocycles. The van der Waals surface area contributed by atoms with Gasteiger partial charge in [0.1, 0.15) is 5.69 Å². The summed E-state index contributed by atoms with van der Waals surface area (Å²) in [5, 5.41) is 3.23. The molecule has 78 valence electrons. The molecule has 1 aromatic heterocycles. The Labute approximate surface area is 76.3 Å². The number of aryl methyl sites for hydroxylation is 1. The first-order valence-corrected chi connectivity index (χ1v) is 3.57. The van der Waals surface area contributed by atoms with E-state index >= 15 is 0 Å². The average molecular weight is 210 g/mol. The van der Waals surface area contributed by atoms with Crippen LogP contribution in [0.25, 0.3) is 0 Å². The molecule has 0 radical (unpaired) electrons. The predicted octanol–water partition coefficient (Wildman–Crippen LogP) is 1.81. The summed E-state index contributed by atoms with van der Waals surface area (Å²) in [6.45, 7) is 0. The van der Waals surface area contributed by atoms with Crippen LogP contribution in [-0.4, -0.2) is 22.0 Å². The number of aromatic nitrogens is 2. The maximum Gasteiger partial charge on any atom is 0.300 e. The highest BCUT2D eigenvalue weighted by Gasteiger charge is 2.27. The third kappa shape index (κ3) is 1.91. The van der Waals surface area contributed by atoms with Crippen LogP contribution in [0.1, 0.15) is 22.5 Å². The lowest BCUT2D eigenvalue weighted by Crippen LogP contribution is -2.11. The first kappa shape index (κ1) is 10.7. The standard InChI is InChI=1S/C7H6F4N2O/c1-13-2-3(5(14)7(10)11)4(12-13)6(8)9/h2,6-7H,1H3. The van der Waals surface area contributed by atoms with Crippen LogP contribution in [0, 0.1) is 0 Å². The number of Topliss-reactive ketones (excluding diaryl/α,β-unsaturated/α-hetero) is 1. The first-order chi connectivity index (χ1) is 6.43. The summed E-state index contributed by atoms with van der Waals surface area (Å²) in [6, 6.07) is 0. The van der Waals surface area contributed by atoms with Crippen molar-refractivity contribution in [3.63, 3.8) is 0 Å². The molecule has 14 heavy (non-hydrogen) atoms. The van der Waals surface area contributed by atoms with E-state index in [2.05, 4.69) is 5.10 Å². The second-order valence-corrected chi connectivity index (χ2v) is 2.57. The molecule has 7 heteroatoms. The molecule has 1 rings (SSSR count). The maximum atomic E-state index is 12.2. The van der Waals surface area contributed by atoms with Crippen molar-refractivity contribution in [2.75, 3.05) is 0 Å². The fraction of sp³-hybridized carbons (Fsp3) is 0.429. The monoisotopic (exact) mass is 210 g/mol. The molecule has 3 nitrogen and oxygen atoms in total. The van der Waals surface area contributed by atoms with Crippen molar-refractivity contribution < 1.29 is 22.4 Å². The molecule has 0 saturated carbocycles. The van der Waals surface area contributed by atoms with Gasteiger partial charge in [-0.25, -0.2) is 17.6 Å². The Kier molecular flexibility index (Phi) is 2.87. The summed E-state index contributed by atoms with van der Waals surface area (Å²) in [5.41, 5.74) is -1.63. The molecule has 0 N–H and O–H groups in total. The van der Waals surface area contributed by atoms with E-state index in [0.29, 0.717) is 0 Å². The van der Waals surface area contributed by atoms with Gasteiger partial charge in [-0.1, -0.05) is 0 Å². The van der Waals surface area contributed by atoms with Crippen LogP contribution in [0.4, 0.5) is 17.6 Å². The highest BCUT2D eigenvalue weighted by Crippen LogP contribution is 2.22. The molecule has 0 unspecified atom stereocenters. The first-order valence-electron chi connectivity index (χ1n) is 3.57. The van der Waals surface area contributed by atoms with Gasteiger partial charge in [0.15, 0.2) is 0 Å². The van der Waals surface area contributed by atoms with Crippen LogP contribution in [0.15, 0.2) is 6.20 Å². The molecule has 1 aromatic rings. The van der Waals surface area contributed by atoms with E-state index in [1.807, 2.05) is 0 Å². The SMILES string of the molecule is Cn1cc(C(=O)C(F)F)c(C(F)F)n1. The topological polar surface area (TPSA) is 34.9 Å². The number of ketones is 1. The van der Waals surface area contributed by atoms with Crippen LogP contribution in [-0.2, 0) is 7.05 Å². The van der Waals surface area contributed by atoms with Crippen molar-refractivity contribution in [1.29, 1.82) is 0 Å². The van der Waals surface area contributed by atoms with Gasteiger partial charge in [0, 0.05) is 13.2 Å². The number of hydrogen-bond acceptors (Lipinski definition) is 2. The largest absolute Gasteiger partial charge is 0.300 e. The quantitative estimate of drug-likeness (QED) is 0.563. The zero-order valence-electron chi connectivity index (χ0n) is 7.05. The minimum atomic E-state index is -3.29. The molecule has 0 bridgehead atoms. The summed E-state index contributed by atoms with van der Waals surface area (Å²) in [7, 11) is 1.27. The Balaban J connectivity index is 3.13. The van der Waals surface area contributed by atoms with E-state index < -0.39 is 29.9 Å². The van der Waals surface area contributed by atoms with Crippen molar-refractivity contribution in [3.8, 4) is 0 Å². The molecule has 0 aliphatic carbocycles. The summed E-state index contributed by atoms with van der Waals surface area (Å²) in [6.07, 6.45) is -5.47. The van der Waals surface area contributed by atoms with Crippen molar-refractivity contribution in [3.05, 3.63) is 17.5 Å². The van der Waals surface area contributed by atoms with Crippen molar-refractivity contribution >= 4 is 5.78 Å². The minimum absolute atomic E-state index is 0.725. The maximum absolute atomic E-state index is 12.2. The summed E-state index contributed by atoms with van der Waals surface area (Å²) >= 11 is 0. The van der Waals surface area contributed by atoms with E-state index in [-0.39, 0.29) is 0 Å². The number of carbonyl (C=O) groups is 1. The molecule has 0 amide bonds. The second-order valence-electron chi connectivity index (χ2n) is 2.57. The Morgan fingerprint density at radius 2 is 2.00 bits per heavy atom. The van der Waals surface area contributed by atoms with Gasteiger partial charge >= 0.3 is 6.43 Å². The number of hydrogen-bond donors (Lipinski definition) is 0. The van der Waals surface area contributed by atoms with Crippen LogP contribution in [0.3, 0.4) is 0 Å². The number of carbonyl (C=O) groups excluding carboxylic acids is 1. The number of halogens is 4. The third-order valence-electron chi connectivity index (χ3n) is 1.53. The van der Waals surface area contributed by atoms with E-state index in [0.717, 1.165) is 10.9 Å². The summed E-state index contributed by atoms with van der Waals surface area (Å²) in [4.78, 5) is 10.7. The van der Waals surface area contributed by atoms with Gasteiger partial charge in [-0.2, -0.15) is 5.10 Å². The second kappa shape index (κ2) is 3.77. The Bertz CT molecular complexity index is 347. The fourth-order valence-electron chi connectivity index (χ4n) is 0.974. The highest BCUT2D eigenvalue weighted by atomic mass is 19.3. The Morgan fingerprint density at radius 3 is 2.43 bits per heavy atom. The average Bonchev–Trinajstić information content (AvgIpc) is 2.45. The lowest BCUT2D eigenvalue weighted by atomic mass is 10.2. The van der Waals surface area contributed by atoms with Crippen LogP contribution in [0.2, 0.25) is 0 Å². The number of rotatable bonds is 3. The molecular formula is C7H6F4N2O. The molecule has 0 aliphatic rings. The molecular weight excluding hydrogens is 204 g/mol. The van der Waals surface area contributed by atoms with Crippen LogP contribution < -0.4 is 0 Å². The van der Waals surface area contributed by atoms with Crippen LogP contribution in [0.5, 0.6) is 0 Å². The van der Waals surface area contributed by atoms with Gasteiger partial charge < -0.3 is 0 Å². The molecule has 0 atom stereocenters. The van der Waals surface area contributed by atoms with Crippen molar-refractivity contribution in [2.24, 2.45) is 7.05 Å². The van der Waals surface area contributed by atoms with E-state index in [1.165, 1.54) is 7.05 Å². The smallest absolute Gasteiger partial charge is 0.288 e. The minimum Gasteiger partial charge on any atom is -0.288 e. The van der Waals surface area contributed by atoms with E-state index in [4.69, 9.17) is 0 Å². The zero-order valence-corrected chi connectivity index (χ0v) is 7.05. The van der Waals surface area contributed by atoms with Gasteiger partial charge in [-0.05, 0) is 0 Å². The van der Waals surface area contributed by atoms with Gasteiger partial charge in [-0.3, -0.25) is 9.48 Å². The van der Waals surface area contributed by atoms with Gasteiger partial charge in [0.25, 0.3) is 6.43 Å². The molecule has 0 spiro atoms. The van der Waals surface area contributed by atoms with Crippen molar-refractivity contribution in [1.82, 2.24) is 9.78 Å². The van der Waals surface area contributed by atoms with Gasteiger partial charge in [0.2, 0.25) is 5.78 Å². The number of nitrogens with zero attached hydrogens (tertiary/aromatic N) is 2. The van der Waals surface area contributed by atoms with Gasteiger partial charge in [0.05, 0.1) is 5.56 Å². The van der Waals surface area contributed by atoms with Gasteiger partial charge in [-0.15, -0.1) is 0 Å². The predicted molar refractivity (Wildman–Crippen MR) is 38.5 cm³/mol. The highest BCUT2D eigenvalue weighted by molar-refractivity contribution is 5.99. The molecule has 0 saturated heterocycles. The Hall–Kier alpha value is -1.40. The molecule has 0 fully saturated rings.